The lowest BCUT2D eigenvalue weighted by Gasteiger charge is -2.12. The van der Waals surface area contributed by atoms with Gasteiger partial charge in [0.15, 0.2) is 6.10 Å². The molecule has 0 bridgehead atoms. The number of amides is 1. The number of carbonyl (C=O) groups excluding carboxylic acids is 2. The zero-order chi connectivity index (χ0) is 18.4. The van der Waals surface area contributed by atoms with Crippen LogP contribution in [-0.2, 0) is 14.3 Å². The molecule has 1 unspecified atom stereocenters. The van der Waals surface area contributed by atoms with Gasteiger partial charge < -0.3 is 10.1 Å². The van der Waals surface area contributed by atoms with Crippen LogP contribution in [0.15, 0.2) is 48.5 Å². The van der Waals surface area contributed by atoms with Gasteiger partial charge in [0.05, 0.1) is 0 Å². The summed E-state index contributed by atoms with van der Waals surface area (Å²) in [5, 5.41) is 2.46. The summed E-state index contributed by atoms with van der Waals surface area (Å²) in [7, 11) is 0. The van der Waals surface area contributed by atoms with E-state index < -0.39 is 29.6 Å². The van der Waals surface area contributed by atoms with Gasteiger partial charge in [-0.3, -0.25) is 4.79 Å². The average Bonchev–Trinajstić information content (AvgIpc) is 2.57. The van der Waals surface area contributed by atoms with Gasteiger partial charge in [-0.05, 0) is 43.7 Å². The van der Waals surface area contributed by atoms with E-state index in [1.807, 2.05) is 0 Å². The molecule has 0 spiro atoms. The Hall–Kier alpha value is -3.02. The van der Waals surface area contributed by atoms with E-state index in [0.29, 0.717) is 5.56 Å². The molecule has 0 aliphatic carbocycles. The van der Waals surface area contributed by atoms with Crippen molar-refractivity contribution in [2.75, 3.05) is 5.32 Å². The second-order valence-electron chi connectivity index (χ2n) is 5.39. The average molecular weight is 345 g/mol. The molecule has 2 rings (SSSR count). The summed E-state index contributed by atoms with van der Waals surface area (Å²) < 4.78 is 31.8. The van der Waals surface area contributed by atoms with E-state index >= 15 is 0 Å². The van der Waals surface area contributed by atoms with Gasteiger partial charge in [0.1, 0.15) is 11.6 Å². The summed E-state index contributed by atoms with van der Waals surface area (Å²) in [5.41, 5.74) is 0.945. The third kappa shape index (κ3) is 5.24. The maximum Gasteiger partial charge on any atom is 0.331 e. The molecule has 6 heteroatoms. The number of nitrogens with one attached hydrogen (secondary N) is 1. The maximum absolute atomic E-state index is 13.5. The first-order valence-corrected chi connectivity index (χ1v) is 7.57. The highest BCUT2D eigenvalue weighted by molar-refractivity contribution is 5.96. The molecule has 1 amide bonds. The second kappa shape index (κ2) is 8.19. The van der Waals surface area contributed by atoms with Crippen LogP contribution in [0.1, 0.15) is 18.1 Å². The van der Waals surface area contributed by atoms with Crippen LogP contribution in [0.5, 0.6) is 0 Å². The molecular formula is C19H17F2NO3. The fourth-order valence-corrected chi connectivity index (χ4v) is 1.95. The Morgan fingerprint density at radius 2 is 1.84 bits per heavy atom. The lowest BCUT2D eigenvalue weighted by Crippen LogP contribution is -2.29. The fourth-order valence-electron chi connectivity index (χ4n) is 1.95. The zero-order valence-corrected chi connectivity index (χ0v) is 13.8. The Kier molecular flexibility index (Phi) is 6.00. The van der Waals surface area contributed by atoms with E-state index in [1.54, 1.807) is 19.1 Å². The first-order chi connectivity index (χ1) is 11.9. The Morgan fingerprint density at radius 1 is 1.12 bits per heavy atom. The summed E-state index contributed by atoms with van der Waals surface area (Å²) in [5.74, 6) is -2.31. The zero-order valence-electron chi connectivity index (χ0n) is 13.8. The standard InChI is InChI=1S/C19H17F2NO3/c1-12-7-9-15(11-17(12)21)22-19(24)13(2)25-18(23)10-8-14-5-3-4-6-16(14)20/h3-11,13H,1-2H3,(H,22,24)/b10-8+. The van der Waals surface area contributed by atoms with Crippen LogP contribution in [0.4, 0.5) is 14.5 Å². The SMILES string of the molecule is Cc1ccc(NC(=O)C(C)OC(=O)/C=C/c2ccccc2F)cc1F. The molecule has 2 aromatic carbocycles. The molecular weight excluding hydrogens is 328 g/mol. The molecule has 0 radical (unpaired) electrons. The number of carbonyl (C=O) groups is 2. The molecule has 1 N–H and O–H groups in total. The van der Waals surface area contributed by atoms with Gasteiger partial charge in [0.2, 0.25) is 0 Å². The van der Waals surface area contributed by atoms with Crippen molar-refractivity contribution in [3.8, 4) is 0 Å². The van der Waals surface area contributed by atoms with Crippen molar-refractivity contribution in [1.82, 2.24) is 0 Å². The van der Waals surface area contributed by atoms with E-state index in [0.717, 1.165) is 6.08 Å². The predicted octanol–water partition coefficient (Wildman–Crippen LogP) is 3.86. The van der Waals surface area contributed by atoms with E-state index in [-0.39, 0.29) is 11.3 Å². The number of hydrogen-bond donors (Lipinski definition) is 1. The lowest BCUT2D eigenvalue weighted by atomic mass is 10.2. The Labute approximate surface area is 144 Å². The quantitative estimate of drug-likeness (QED) is 0.661. The second-order valence-corrected chi connectivity index (χ2v) is 5.39. The van der Waals surface area contributed by atoms with Gasteiger partial charge >= 0.3 is 5.97 Å². The predicted molar refractivity (Wildman–Crippen MR) is 90.8 cm³/mol. The van der Waals surface area contributed by atoms with Crippen molar-refractivity contribution in [3.63, 3.8) is 0 Å². The molecule has 0 aliphatic rings. The smallest absolute Gasteiger partial charge is 0.331 e. The Balaban J connectivity index is 1.92. The minimum absolute atomic E-state index is 0.228. The lowest BCUT2D eigenvalue weighted by molar-refractivity contribution is -0.148. The van der Waals surface area contributed by atoms with Crippen LogP contribution in [0.25, 0.3) is 6.08 Å². The number of hydrogen-bond acceptors (Lipinski definition) is 3. The number of benzene rings is 2. The highest BCUT2D eigenvalue weighted by Gasteiger charge is 2.17. The third-order valence-electron chi connectivity index (χ3n) is 3.41. The van der Waals surface area contributed by atoms with E-state index in [1.165, 1.54) is 43.3 Å². The molecule has 25 heavy (non-hydrogen) atoms. The van der Waals surface area contributed by atoms with Gasteiger partial charge in [0, 0.05) is 17.3 Å². The summed E-state index contributed by atoms with van der Waals surface area (Å²) >= 11 is 0. The molecule has 0 fully saturated rings. The van der Waals surface area contributed by atoms with Gasteiger partial charge in [-0.15, -0.1) is 0 Å². The van der Waals surface area contributed by atoms with Gasteiger partial charge in [-0.2, -0.15) is 0 Å². The number of halogens is 2. The van der Waals surface area contributed by atoms with Crippen LogP contribution in [-0.4, -0.2) is 18.0 Å². The summed E-state index contributed by atoms with van der Waals surface area (Å²) in [6, 6.07) is 10.2. The topological polar surface area (TPSA) is 55.4 Å². The molecule has 0 saturated heterocycles. The Morgan fingerprint density at radius 3 is 2.52 bits per heavy atom. The minimum atomic E-state index is -1.10. The molecule has 0 heterocycles. The van der Waals surface area contributed by atoms with Crippen LogP contribution >= 0.6 is 0 Å². The van der Waals surface area contributed by atoms with Gasteiger partial charge in [-0.25, -0.2) is 13.6 Å². The first-order valence-electron chi connectivity index (χ1n) is 7.57. The van der Waals surface area contributed by atoms with Gasteiger partial charge in [0.25, 0.3) is 5.91 Å². The number of ether oxygens (including phenoxy) is 1. The van der Waals surface area contributed by atoms with Crippen molar-refractivity contribution in [3.05, 3.63) is 71.3 Å². The van der Waals surface area contributed by atoms with Crippen LogP contribution in [0.2, 0.25) is 0 Å². The van der Waals surface area contributed by atoms with Crippen molar-refractivity contribution in [1.29, 1.82) is 0 Å². The van der Waals surface area contributed by atoms with E-state index in [9.17, 15) is 18.4 Å². The number of esters is 1. The maximum atomic E-state index is 13.5. The van der Waals surface area contributed by atoms with Crippen LogP contribution in [0.3, 0.4) is 0 Å². The summed E-state index contributed by atoms with van der Waals surface area (Å²) in [6.45, 7) is 2.99. The van der Waals surface area contributed by atoms with Crippen LogP contribution < -0.4 is 5.32 Å². The summed E-state index contributed by atoms with van der Waals surface area (Å²) in [4.78, 5) is 23.7. The highest BCUT2D eigenvalue weighted by atomic mass is 19.1. The number of rotatable bonds is 5. The molecule has 0 aliphatic heterocycles. The van der Waals surface area contributed by atoms with Crippen molar-refractivity contribution in [2.24, 2.45) is 0 Å². The monoisotopic (exact) mass is 345 g/mol. The minimum Gasteiger partial charge on any atom is -0.449 e. The molecule has 2 aromatic rings. The first kappa shape index (κ1) is 18.3. The largest absolute Gasteiger partial charge is 0.449 e. The molecule has 130 valence electrons. The molecule has 4 nitrogen and oxygen atoms in total. The number of aryl methyl sites for hydroxylation is 1. The van der Waals surface area contributed by atoms with E-state index in [4.69, 9.17) is 4.74 Å². The molecule has 0 saturated carbocycles. The van der Waals surface area contributed by atoms with Gasteiger partial charge in [-0.1, -0.05) is 24.3 Å². The summed E-state index contributed by atoms with van der Waals surface area (Å²) in [6.07, 6.45) is 1.20. The normalized spacial score (nSPS) is 12.0. The third-order valence-corrected chi connectivity index (χ3v) is 3.41. The molecule has 0 aromatic heterocycles. The number of anilines is 1. The fraction of sp³-hybridized carbons (Fsp3) is 0.158. The molecule has 1 atom stereocenters. The van der Waals surface area contributed by atoms with Crippen molar-refractivity contribution in [2.45, 2.75) is 20.0 Å². The van der Waals surface area contributed by atoms with E-state index in [2.05, 4.69) is 5.32 Å². The van der Waals surface area contributed by atoms with Crippen LogP contribution in [0, 0.1) is 18.6 Å². The highest BCUT2D eigenvalue weighted by Crippen LogP contribution is 2.14. The Bertz CT molecular complexity index is 818. The van der Waals surface area contributed by atoms with Crippen molar-refractivity contribution >= 4 is 23.6 Å². The van der Waals surface area contributed by atoms with Crippen molar-refractivity contribution < 1.29 is 23.1 Å².